The number of fused-ring (bicyclic) bond motifs is 1. The lowest BCUT2D eigenvalue weighted by molar-refractivity contribution is 0.0953. The number of aryl methyl sites for hydroxylation is 4. The highest BCUT2D eigenvalue weighted by molar-refractivity contribution is 5.94. The van der Waals surface area contributed by atoms with Gasteiger partial charge in [-0.05, 0) is 69.0 Å². The van der Waals surface area contributed by atoms with Crippen LogP contribution in [0.5, 0.6) is 5.75 Å². The van der Waals surface area contributed by atoms with E-state index >= 15 is 0 Å². The Labute approximate surface area is 208 Å². The topological polar surface area (TPSA) is 56.2 Å². The minimum atomic E-state index is -0.00400. The molecule has 3 aromatic carbocycles. The predicted octanol–water partition coefficient (Wildman–Crippen LogP) is 6.18. The number of ether oxygens (including phenoxy) is 1. The van der Waals surface area contributed by atoms with Crippen molar-refractivity contribution in [2.75, 3.05) is 13.2 Å². The highest BCUT2D eigenvalue weighted by atomic mass is 16.5. The summed E-state index contributed by atoms with van der Waals surface area (Å²) in [4.78, 5) is 17.2. The van der Waals surface area contributed by atoms with Gasteiger partial charge < -0.3 is 14.6 Å². The van der Waals surface area contributed by atoms with Crippen LogP contribution in [0, 0.1) is 20.8 Å². The Morgan fingerprint density at radius 1 is 0.886 bits per heavy atom. The van der Waals surface area contributed by atoms with Gasteiger partial charge in [-0.3, -0.25) is 4.79 Å². The maximum absolute atomic E-state index is 12.3. The van der Waals surface area contributed by atoms with E-state index in [2.05, 4.69) is 60.1 Å². The second-order valence-electron chi connectivity index (χ2n) is 9.17. The lowest BCUT2D eigenvalue weighted by Crippen LogP contribution is -2.24. The number of rotatable bonds is 11. The number of hydrogen-bond acceptors (Lipinski definition) is 3. The maximum Gasteiger partial charge on any atom is 0.251 e. The molecular formula is C30H35N3O2. The summed E-state index contributed by atoms with van der Waals surface area (Å²) < 4.78 is 8.47. The molecule has 182 valence electrons. The second-order valence-corrected chi connectivity index (χ2v) is 9.17. The Balaban J connectivity index is 1.29. The Morgan fingerprint density at radius 3 is 2.40 bits per heavy atom. The van der Waals surface area contributed by atoms with Crippen molar-refractivity contribution >= 4 is 16.9 Å². The van der Waals surface area contributed by atoms with Gasteiger partial charge in [0.05, 0.1) is 17.6 Å². The zero-order chi connectivity index (χ0) is 24.6. The molecule has 1 amide bonds. The number of para-hydroxylation sites is 3. The van der Waals surface area contributed by atoms with Crippen molar-refractivity contribution in [3.8, 4) is 5.75 Å². The zero-order valence-electron chi connectivity index (χ0n) is 21.0. The average Bonchev–Trinajstić information content (AvgIpc) is 3.20. The highest BCUT2D eigenvalue weighted by Crippen LogP contribution is 2.23. The molecule has 0 saturated carbocycles. The molecule has 0 aliphatic rings. The first kappa shape index (κ1) is 24.5. The molecule has 0 aliphatic heterocycles. The van der Waals surface area contributed by atoms with Crippen LogP contribution in [0.25, 0.3) is 11.0 Å². The Bertz CT molecular complexity index is 1250. The van der Waals surface area contributed by atoms with Gasteiger partial charge in [0.1, 0.15) is 18.2 Å². The summed E-state index contributed by atoms with van der Waals surface area (Å²) in [7, 11) is 0. The van der Waals surface area contributed by atoms with Gasteiger partial charge in [-0.15, -0.1) is 0 Å². The van der Waals surface area contributed by atoms with E-state index in [1.165, 1.54) is 0 Å². The number of aromatic nitrogens is 2. The molecule has 4 rings (SSSR count). The predicted molar refractivity (Wildman–Crippen MR) is 142 cm³/mol. The minimum absolute atomic E-state index is 0.00400. The molecular weight excluding hydrogens is 434 g/mol. The van der Waals surface area contributed by atoms with Crippen LogP contribution in [-0.2, 0) is 13.0 Å². The lowest BCUT2D eigenvalue weighted by atomic mass is 10.1. The summed E-state index contributed by atoms with van der Waals surface area (Å²) in [5.41, 5.74) is 6.38. The van der Waals surface area contributed by atoms with Gasteiger partial charge in [0.2, 0.25) is 0 Å². The third-order valence-electron chi connectivity index (χ3n) is 6.38. The van der Waals surface area contributed by atoms with E-state index in [4.69, 9.17) is 9.72 Å². The van der Waals surface area contributed by atoms with Crippen molar-refractivity contribution in [2.45, 2.75) is 53.0 Å². The molecule has 5 heteroatoms. The quantitative estimate of drug-likeness (QED) is 0.267. The van der Waals surface area contributed by atoms with Crippen LogP contribution >= 0.6 is 0 Å². The number of carbonyl (C=O) groups excluding carboxylic acids is 1. The molecule has 35 heavy (non-hydrogen) atoms. The number of hydrogen-bond donors (Lipinski definition) is 1. The fraction of sp³-hybridized carbons (Fsp3) is 0.333. The van der Waals surface area contributed by atoms with E-state index in [9.17, 15) is 4.79 Å². The first-order chi connectivity index (χ1) is 17.0. The Hall–Kier alpha value is -3.60. The number of imidazole rings is 1. The van der Waals surface area contributed by atoms with Crippen molar-refractivity contribution < 1.29 is 9.53 Å². The Morgan fingerprint density at radius 2 is 1.63 bits per heavy atom. The first-order valence-corrected chi connectivity index (χ1v) is 12.5. The van der Waals surface area contributed by atoms with Gasteiger partial charge in [-0.25, -0.2) is 4.98 Å². The largest absolute Gasteiger partial charge is 0.491 e. The van der Waals surface area contributed by atoms with Crippen LogP contribution in [0.15, 0.2) is 66.7 Å². The molecule has 1 aromatic heterocycles. The van der Waals surface area contributed by atoms with Gasteiger partial charge in [0.25, 0.3) is 5.91 Å². The molecule has 0 unspecified atom stereocenters. The monoisotopic (exact) mass is 469 g/mol. The summed E-state index contributed by atoms with van der Waals surface area (Å²) >= 11 is 0. The SMILES string of the molecule is Cc1ccc(C(=O)NCCCCCc2nc3ccccc3n2CCOc2c(C)cccc2C)cc1. The van der Waals surface area contributed by atoms with Gasteiger partial charge in [0.15, 0.2) is 0 Å². The molecule has 0 radical (unpaired) electrons. The van der Waals surface area contributed by atoms with Crippen LogP contribution in [0.3, 0.4) is 0 Å². The third kappa shape index (κ3) is 6.30. The summed E-state index contributed by atoms with van der Waals surface area (Å²) in [5.74, 6) is 2.07. The number of carbonyl (C=O) groups is 1. The van der Waals surface area contributed by atoms with Crippen molar-refractivity contribution in [1.29, 1.82) is 0 Å². The first-order valence-electron chi connectivity index (χ1n) is 12.5. The van der Waals surface area contributed by atoms with Crippen molar-refractivity contribution in [3.63, 3.8) is 0 Å². The number of nitrogens with zero attached hydrogens (tertiary/aromatic N) is 2. The number of amides is 1. The van der Waals surface area contributed by atoms with Crippen LogP contribution in [0.1, 0.15) is 52.1 Å². The van der Waals surface area contributed by atoms with Crippen LogP contribution < -0.4 is 10.1 Å². The maximum atomic E-state index is 12.3. The van der Waals surface area contributed by atoms with Crippen molar-refractivity contribution in [2.24, 2.45) is 0 Å². The normalized spacial score (nSPS) is 11.1. The van der Waals surface area contributed by atoms with Crippen molar-refractivity contribution in [3.05, 3.63) is 94.8 Å². The highest BCUT2D eigenvalue weighted by Gasteiger charge is 2.11. The zero-order valence-corrected chi connectivity index (χ0v) is 21.0. The van der Waals surface area contributed by atoms with E-state index < -0.39 is 0 Å². The van der Waals surface area contributed by atoms with Crippen LogP contribution in [-0.4, -0.2) is 28.6 Å². The fourth-order valence-electron chi connectivity index (χ4n) is 4.43. The van der Waals surface area contributed by atoms with E-state index in [0.29, 0.717) is 18.7 Å². The summed E-state index contributed by atoms with van der Waals surface area (Å²) in [5, 5.41) is 3.03. The van der Waals surface area contributed by atoms with E-state index in [1.54, 1.807) is 0 Å². The molecule has 1 N–H and O–H groups in total. The van der Waals surface area contributed by atoms with Gasteiger partial charge in [0, 0.05) is 18.5 Å². The summed E-state index contributed by atoms with van der Waals surface area (Å²) in [6.07, 6.45) is 3.93. The smallest absolute Gasteiger partial charge is 0.251 e. The molecule has 4 aromatic rings. The molecule has 0 spiro atoms. The number of unbranched alkanes of at least 4 members (excludes halogenated alkanes) is 2. The lowest BCUT2D eigenvalue weighted by Gasteiger charge is -2.14. The average molecular weight is 470 g/mol. The van der Waals surface area contributed by atoms with E-state index in [-0.39, 0.29) is 5.91 Å². The van der Waals surface area contributed by atoms with Gasteiger partial charge in [-0.1, -0.05) is 54.4 Å². The number of benzene rings is 3. The van der Waals surface area contributed by atoms with Gasteiger partial charge >= 0.3 is 0 Å². The van der Waals surface area contributed by atoms with Gasteiger partial charge in [-0.2, -0.15) is 0 Å². The fourth-order valence-corrected chi connectivity index (χ4v) is 4.43. The van der Waals surface area contributed by atoms with Crippen LogP contribution in [0.4, 0.5) is 0 Å². The third-order valence-corrected chi connectivity index (χ3v) is 6.38. The Kier molecular flexibility index (Phi) is 8.19. The molecule has 1 heterocycles. The second kappa shape index (κ2) is 11.7. The molecule has 0 atom stereocenters. The van der Waals surface area contributed by atoms with E-state index in [1.807, 2.05) is 37.3 Å². The van der Waals surface area contributed by atoms with E-state index in [0.717, 1.165) is 71.5 Å². The van der Waals surface area contributed by atoms with Crippen molar-refractivity contribution in [1.82, 2.24) is 14.9 Å². The van der Waals surface area contributed by atoms with Crippen LogP contribution in [0.2, 0.25) is 0 Å². The molecule has 0 saturated heterocycles. The minimum Gasteiger partial charge on any atom is -0.491 e. The molecule has 5 nitrogen and oxygen atoms in total. The molecule has 0 fully saturated rings. The summed E-state index contributed by atoms with van der Waals surface area (Å²) in [6, 6.07) is 22.2. The summed E-state index contributed by atoms with van der Waals surface area (Å²) in [6.45, 7) is 8.24. The standard InChI is InChI=1S/C30H35N3O2/c1-22-15-17-25(18-16-22)30(34)31-19-8-4-5-14-28-32-26-12-6-7-13-27(26)33(28)20-21-35-29-23(2)10-9-11-24(29)3/h6-7,9-13,15-18H,4-5,8,14,19-21H2,1-3H3,(H,31,34). The number of nitrogens with one attached hydrogen (secondary N) is 1. The molecule has 0 aliphatic carbocycles. The molecule has 0 bridgehead atoms.